The van der Waals surface area contributed by atoms with Crippen LogP contribution in [-0.4, -0.2) is 30.6 Å². The van der Waals surface area contributed by atoms with Gasteiger partial charge in [-0.3, -0.25) is 4.79 Å². The minimum absolute atomic E-state index is 0.439. The Morgan fingerprint density at radius 2 is 2.11 bits per heavy atom. The molecule has 96 valence electrons. The highest BCUT2D eigenvalue weighted by molar-refractivity contribution is 6.38. The number of carboxylic acid groups (broad SMARTS) is 1. The van der Waals surface area contributed by atoms with E-state index in [4.69, 9.17) is 14.6 Å². The molecule has 0 amide bonds. The van der Waals surface area contributed by atoms with Gasteiger partial charge >= 0.3 is 5.97 Å². The summed E-state index contributed by atoms with van der Waals surface area (Å²) in [5, 5.41) is 8.48. The van der Waals surface area contributed by atoms with Crippen LogP contribution in [0, 0.1) is 0 Å². The van der Waals surface area contributed by atoms with E-state index in [9.17, 15) is 9.59 Å². The molecule has 0 saturated carbocycles. The molecule has 0 saturated heterocycles. The molecule has 0 aliphatic carbocycles. The number of carbonyl (C=O) groups is 2. The predicted molar refractivity (Wildman–Crippen MR) is 65.8 cm³/mol. The quantitative estimate of drug-likeness (QED) is 0.615. The van der Waals surface area contributed by atoms with Gasteiger partial charge in [-0.1, -0.05) is 12.1 Å². The van der Waals surface area contributed by atoms with Crippen molar-refractivity contribution in [2.24, 2.45) is 0 Å². The van der Waals surface area contributed by atoms with Gasteiger partial charge in [0.25, 0.3) is 5.78 Å². The Bertz CT molecular complexity index is 476. The summed E-state index contributed by atoms with van der Waals surface area (Å²) in [5.41, 5.74) is 0.589. The van der Waals surface area contributed by atoms with Gasteiger partial charge in [0.15, 0.2) is 11.5 Å². The molecular weight excluding hydrogens is 236 g/mol. The number of benzene rings is 1. The molecule has 1 N–H and O–H groups in total. The molecule has 5 heteroatoms. The van der Waals surface area contributed by atoms with E-state index in [0.29, 0.717) is 23.7 Å². The molecule has 1 aromatic rings. The van der Waals surface area contributed by atoms with Crippen molar-refractivity contribution in [1.82, 2.24) is 0 Å². The van der Waals surface area contributed by atoms with Crippen LogP contribution in [0.25, 0.3) is 6.08 Å². The second-order valence-electron chi connectivity index (χ2n) is 3.31. The Labute approximate surface area is 105 Å². The van der Waals surface area contributed by atoms with Crippen molar-refractivity contribution in [3.63, 3.8) is 0 Å². The average molecular weight is 250 g/mol. The van der Waals surface area contributed by atoms with Gasteiger partial charge in [0, 0.05) is 5.56 Å². The molecule has 5 nitrogen and oxygen atoms in total. The number of hydrogen-bond donors (Lipinski definition) is 1. The zero-order valence-electron chi connectivity index (χ0n) is 10.2. The fraction of sp³-hybridized carbons (Fsp3) is 0.231. The van der Waals surface area contributed by atoms with E-state index in [-0.39, 0.29) is 0 Å². The molecule has 0 spiro atoms. The Morgan fingerprint density at radius 1 is 1.39 bits per heavy atom. The maximum Gasteiger partial charge on any atom is 0.376 e. The van der Waals surface area contributed by atoms with Crippen LogP contribution < -0.4 is 9.47 Å². The van der Waals surface area contributed by atoms with Crippen LogP contribution in [0.1, 0.15) is 12.5 Å². The highest BCUT2D eigenvalue weighted by atomic mass is 16.5. The average Bonchev–Trinajstić information content (AvgIpc) is 2.37. The summed E-state index contributed by atoms with van der Waals surface area (Å²) in [6.45, 7) is 2.26. The number of ether oxygens (including phenoxy) is 2. The monoisotopic (exact) mass is 250 g/mol. The van der Waals surface area contributed by atoms with Gasteiger partial charge in [0.1, 0.15) is 0 Å². The minimum Gasteiger partial charge on any atom is -0.493 e. The molecule has 0 aromatic heterocycles. The first-order valence-electron chi connectivity index (χ1n) is 5.35. The highest BCUT2D eigenvalue weighted by Crippen LogP contribution is 2.31. The van der Waals surface area contributed by atoms with Crippen molar-refractivity contribution >= 4 is 17.8 Å². The molecule has 0 unspecified atom stereocenters. The minimum atomic E-state index is -1.49. The number of carbonyl (C=O) groups excluding carboxylic acids is 1. The van der Waals surface area contributed by atoms with Crippen molar-refractivity contribution < 1.29 is 24.2 Å². The summed E-state index contributed by atoms with van der Waals surface area (Å²) < 4.78 is 10.5. The molecule has 0 radical (unpaired) electrons. The Hall–Kier alpha value is -2.30. The van der Waals surface area contributed by atoms with E-state index in [1.165, 1.54) is 13.2 Å². The van der Waals surface area contributed by atoms with Crippen LogP contribution in [0.5, 0.6) is 11.5 Å². The van der Waals surface area contributed by atoms with Gasteiger partial charge in [-0.15, -0.1) is 0 Å². The van der Waals surface area contributed by atoms with E-state index in [0.717, 1.165) is 6.08 Å². The number of methoxy groups -OCH3 is 1. The van der Waals surface area contributed by atoms with Gasteiger partial charge in [-0.2, -0.15) is 0 Å². The maximum absolute atomic E-state index is 11.0. The second-order valence-corrected chi connectivity index (χ2v) is 3.31. The van der Waals surface area contributed by atoms with Crippen LogP contribution in [0.2, 0.25) is 0 Å². The molecular formula is C13H14O5. The van der Waals surface area contributed by atoms with E-state index >= 15 is 0 Å². The lowest BCUT2D eigenvalue weighted by molar-refractivity contribution is -0.146. The van der Waals surface area contributed by atoms with Gasteiger partial charge in [-0.25, -0.2) is 4.79 Å². The highest BCUT2D eigenvalue weighted by Gasteiger charge is 2.10. The standard InChI is InChI=1S/C13H14O5/c1-3-18-12-9(5-4-6-11(12)17-2)7-8-10(14)13(15)16/h4-8H,3H2,1-2H3,(H,15,16)/b8-7+. The summed E-state index contributed by atoms with van der Waals surface area (Å²) >= 11 is 0. The first-order valence-corrected chi connectivity index (χ1v) is 5.35. The molecule has 0 fully saturated rings. The molecule has 0 bridgehead atoms. The third-order valence-electron chi connectivity index (χ3n) is 2.14. The van der Waals surface area contributed by atoms with E-state index in [2.05, 4.69) is 0 Å². The molecule has 0 heterocycles. The third-order valence-corrected chi connectivity index (χ3v) is 2.14. The van der Waals surface area contributed by atoms with Crippen LogP contribution in [0.4, 0.5) is 0 Å². The summed E-state index contributed by atoms with van der Waals surface area (Å²) in [7, 11) is 1.51. The number of hydrogen-bond acceptors (Lipinski definition) is 4. The smallest absolute Gasteiger partial charge is 0.376 e. The topological polar surface area (TPSA) is 72.8 Å². The lowest BCUT2D eigenvalue weighted by Gasteiger charge is -2.11. The summed E-state index contributed by atoms with van der Waals surface area (Å²) in [6, 6.07) is 5.16. The van der Waals surface area contributed by atoms with Gasteiger partial charge < -0.3 is 14.6 Å². The van der Waals surface area contributed by atoms with Gasteiger partial charge in [0.05, 0.1) is 13.7 Å². The molecule has 0 atom stereocenters. The fourth-order valence-electron chi connectivity index (χ4n) is 1.36. The van der Waals surface area contributed by atoms with Crippen molar-refractivity contribution in [1.29, 1.82) is 0 Å². The van der Waals surface area contributed by atoms with Crippen molar-refractivity contribution in [3.8, 4) is 11.5 Å². The predicted octanol–water partition coefficient (Wildman–Crippen LogP) is 1.76. The SMILES string of the molecule is CCOc1c(/C=C/C(=O)C(=O)O)cccc1OC. The Morgan fingerprint density at radius 3 is 2.67 bits per heavy atom. The molecule has 0 aliphatic rings. The zero-order valence-corrected chi connectivity index (χ0v) is 10.2. The molecule has 1 aromatic carbocycles. The van der Waals surface area contributed by atoms with E-state index in [1.54, 1.807) is 18.2 Å². The number of aliphatic carboxylic acids is 1. The number of rotatable bonds is 6. The van der Waals surface area contributed by atoms with Gasteiger partial charge in [0.2, 0.25) is 0 Å². The van der Waals surface area contributed by atoms with Crippen molar-refractivity contribution in [2.75, 3.05) is 13.7 Å². The van der Waals surface area contributed by atoms with Crippen LogP contribution in [-0.2, 0) is 9.59 Å². The Kier molecular flexibility index (Phi) is 4.92. The van der Waals surface area contributed by atoms with E-state index < -0.39 is 11.8 Å². The van der Waals surface area contributed by atoms with Crippen molar-refractivity contribution in [3.05, 3.63) is 29.8 Å². The number of carboxylic acids is 1. The van der Waals surface area contributed by atoms with Crippen LogP contribution in [0.3, 0.4) is 0 Å². The largest absolute Gasteiger partial charge is 0.493 e. The fourth-order valence-corrected chi connectivity index (χ4v) is 1.36. The first kappa shape index (κ1) is 13.8. The van der Waals surface area contributed by atoms with Crippen molar-refractivity contribution in [2.45, 2.75) is 6.92 Å². The second kappa shape index (κ2) is 6.44. The van der Waals surface area contributed by atoms with Gasteiger partial charge in [-0.05, 0) is 25.1 Å². The molecule has 0 aliphatic heterocycles. The first-order chi connectivity index (χ1) is 8.60. The lowest BCUT2D eigenvalue weighted by atomic mass is 10.1. The third kappa shape index (κ3) is 3.35. The normalized spacial score (nSPS) is 10.3. The molecule has 1 rings (SSSR count). The molecule has 18 heavy (non-hydrogen) atoms. The zero-order chi connectivity index (χ0) is 13.5. The summed E-state index contributed by atoms with van der Waals surface area (Å²) in [6.07, 6.45) is 2.38. The maximum atomic E-state index is 11.0. The van der Waals surface area contributed by atoms with Crippen LogP contribution >= 0.6 is 0 Å². The van der Waals surface area contributed by atoms with E-state index in [1.807, 2.05) is 6.92 Å². The van der Waals surface area contributed by atoms with Crippen LogP contribution in [0.15, 0.2) is 24.3 Å². The summed E-state index contributed by atoms with van der Waals surface area (Å²) in [4.78, 5) is 21.4. The Balaban J connectivity index is 3.08. The lowest BCUT2D eigenvalue weighted by Crippen LogP contribution is -2.08. The number of ketones is 1. The number of para-hydroxylation sites is 1. The summed E-state index contributed by atoms with van der Waals surface area (Å²) in [5.74, 6) is -1.47.